The number of hydrazone groups is 1. The summed E-state index contributed by atoms with van der Waals surface area (Å²) >= 11 is 0. The van der Waals surface area contributed by atoms with Crippen LogP contribution in [0.25, 0.3) is 0 Å². The molecule has 0 fully saturated rings. The van der Waals surface area contributed by atoms with Gasteiger partial charge in [0.25, 0.3) is 0 Å². The lowest BCUT2D eigenvalue weighted by Gasteiger charge is -2.11. The molecule has 1 aliphatic rings. The molecule has 0 aromatic carbocycles. The van der Waals surface area contributed by atoms with Crippen LogP contribution in [0.3, 0.4) is 0 Å². The molecule has 40 valence electrons. The molecule has 1 rings (SSSR count). The molecule has 0 bridgehead atoms. The second kappa shape index (κ2) is 1.40. The summed E-state index contributed by atoms with van der Waals surface area (Å²) < 4.78 is 7.11. The first-order chi connectivity index (χ1) is 3.72. The summed E-state index contributed by atoms with van der Waals surface area (Å²) in [6, 6.07) is 0. The molecule has 0 aromatic heterocycles. The summed E-state index contributed by atoms with van der Waals surface area (Å²) in [5, 5.41) is 6.88. The Bertz CT molecular complexity index is 102. The van der Waals surface area contributed by atoms with Gasteiger partial charge in [-0.3, -0.25) is 5.01 Å². The van der Waals surface area contributed by atoms with E-state index in [1.807, 2.05) is 14.0 Å². The lowest BCUT2D eigenvalue weighted by Crippen LogP contribution is -2.29. The fourth-order valence-corrected chi connectivity index (χ4v) is 0.401. The molecule has 0 aliphatic carbocycles. The highest BCUT2D eigenvalue weighted by Crippen LogP contribution is 1.93. The molecule has 1 unspecified atom stereocenters. The van der Waals surface area contributed by atoms with Crippen LogP contribution in [0.15, 0.2) is 5.10 Å². The maximum atomic E-state index is 7.11. The Morgan fingerprint density at radius 1 is 2.14 bits per heavy atom. The van der Waals surface area contributed by atoms with Crippen molar-refractivity contribution in [1.82, 2.24) is 10.3 Å². The molecule has 0 saturated heterocycles. The number of hydrogen-bond donors (Lipinski definition) is 1. The van der Waals surface area contributed by atoms with Crippen LogP contribution >= 0.6 is 0 Å². The molecule has 0 amide bonds. The van der Waals surface area contributed by atoms with Gasteiger partial charge >= 0.3 is 0 Å². The van der Waals surface area contributed by atoms with E-state index in [1.54, 1.807) is 5.01 Å². The average molecular weight is 100 g/mol. The number of rotatable bonds is 0. The Balaban J connectivity index is 2.55. The van der Waals surface area contributed by atoms with Crippen molar-refractivity contribution < 1.29 is 1.41 Å². The van der Waals surface area contributed by atoms with Gasteiger partial charge in [0.2, 0.25) is 0 Å². The second-order valence-electron chi connectivity index (χ2n) is 1.59. The normalized spacial score (nSPS) is 31.7. The molecule has 0 aromatic rings. The predicted molar refractivity (Wildman–Crippen MR) is 28.9 cm³/mol. The van der Waals surface area contributed by atoms with Crippen molar-refractivity contribution in [3.8, 4) is 0 Å². The summed E-state index contributed by atoms with van der Waals surface area (Å²) in [7, 11) is 1.84. The SMILES string of the molecule is [2H]N1C=NN(C)C1C. The smallest absolute Gasteiger partial charge is 0.163 e. The van der Waals surface area contributed by atoms with E-state index >= 15 is 0 Å². The summed E-state index contributed by atoms with van der Waals surface area (Å²) in [6.45, 7) is 1.92. The van der Waals surface area contributed by atoms with Gasteiger partial charge in [0, 0.05) is 7.05 Å². The van der Waals surface area contributed by atoms with Crippen molar-refractivity contribution in [2.75, 3.05) is 7.05 Å². The average Bonchev–Trinajstić information content (AvgIpc) is 1.98. The highest BCUT2D eigenvalue weighted by molar-refractivity contribution is 5.55. The molecule has 1 N–H and O–H groups in total. The van der Waals surface area contributed by atoms with E-state index in [1.165, 1.54) is 11.6 Å². The van der Waals surface area contributed by atoms with Crippen molar-refractivity contribution in [3.05, 3.63) is 0 Å². The minimum absolute atomic E-state index is 0.0926. The molecule has 1 atom stereocenters. The highest BCUT2D eigenvalue weighted by Gasteiger charge is 2.06. The van der Waals surface area contributed by atoms with E-state index < -0.39 is 0 Å². The molecule has 0 radical (unpaired) electrons. The van der Waals surface area contributed by atoms with E-state index in [4.69, 9.17) is 1.41 Å². The van der Waals surface area contributed by atoms with E-state index in [0.29, 0.717) is 0 Å². The zero-order chi connectivity index (χ0) is 6.15. The predicted octanol–water partition coefficient (Wildman–Crippen LogP) is -0.189. The minimum atomic E-state index is 0.0926. The van der Waals surface area contributed by atoms with Crippen molar-refractivity contribution in [1.29, 1.82) is 0 Å². The Kier molecular flexibility index (Phi) is 0.661. The molecule has 3 nitrogen and oxygen atoms in total. The summed E-state index contributed by atoms with van der Waals surface area (Å²) in [5.74, 6) is 0. The molecule has 7 heavy (non-hydrogen) atoms. The van der Waals surface area contributed by atoms with Crippen molar-refractivity contribution in [2.45, 2.75) is 13.1 Å². The van der Waals surface area contributed by atoms with E-state index in [2.05, 4.69) is 5.10 Å². The molecule has 0 saturated carbocycles. The summed E-state index contributed by atoms with van der Waals surface area (Å²) in [6.07, 6.45) is 1.58. The zero-order valence-corrected chi connectivity index (χ0v) is 4.50. The number of nitrogens with one attached hydrogen (secondary N) is 1. The van der Waals surface area contributed by atoms with Gasteiger partial charge in [0.1, 0.15) is 12.5 Å². The largest absolute Gasteiger partial charge is 0.354 e. The van der Waals surface area contributed by atoms with Gasteiger partial charge in [-0.05, 0) is 6.92 Å². The molecule has 3 heteroatoms. The van der Waals surface area contributed by atoms with Crippen LogP contribution in [0.5, 0.6) is 0 Å². The monoisotopic (exact) mass is 100 g/mol. The Morgan fingerprint density at radius 3 is 3.00 bits per heavy atom. The van der Waals surface area contributed by atoms with Crippen molar-refractivity contribution >= 4 is 6.34 Å². The van der Waals surface area contributed by atoms with E-state index in [9.17, 15) is 0 Å². The van der Waals surface area contributed by atoms with Gasteiger partial charge in [-0.1, -0.05) is 0 Å². The molecular formula is C4H9N3. The Hall–Kier alpha value is -0.730. The van der Waals surface area contributed by atoms with Crippen LogP contribution < -0.4 is 5.31 Å². The maximum absolute atomic E-state index is 7.11. The molecule has 1 aliphatic heterocycles. The summed E-state index contributed by atoms with van der Waals surface area (Å²) in [5.41, 5.74) is 0. The molecule has 1 heterocycles. The first-order valence-corrected chi connectivity index (χ1v) is 2.26. The van der Waals surface area contributed by atoms with Gasteiger partial charge in [0.05, 0.1) is 0 Å². The van der Waals surface area contributed by atoms with Crippen LogP contribution in [0.2, 0.25) is 1.41 Å². The summed E-state index contributed by atoms with van der Waals surface area (Å²) in [4.78, 5) is 0. The number of nitrogens with zero attached hydrogens (tertiary/aromatic N) is 2. The Morgan fingerprint density at radius 2 is 2.86 bits per heavy atom. The van der Waals surface area contributed by atoms with E-state index in [0.717, 1.165) is 0 Å². The lowest BCUT2D eigenvalue weighted by atomic mass is 10.6. The van der Waals surface area contributed by atoms with Crippen molar-refractivity contribution in [3.63, 3.8) is 0 Å². The van der Waals surface area contributed by atoms with Gasteiger partial charge < -0.3 is 5.31 Å². The van der Waals surface area contributed by atoms with Crippen LogP contribution in [-0.4, -0.2) is 24.6 Å². The fraction of sp³-hybridized carbons (Fsp3) is 0.750. The third kappa shape index (κ3) is 0.656. The van der Waals surface area contributed by atoms with E-state index in [-0.39, 0.29) is 6.17 Å². The Labute approximate surface area is 44.5 Å². The standard InChI is InChI=1S/C4H9N3/c1-4-5-3-6-7(4)2/h3-4H,1-2H3,(H,5,6)/i/hD. The third-order valence-corrected chi connectivity index (χ3v) is 1.06. The zero-order valence-electron chi connectivity index (χ0n) is 5.50. The first kappa shape index (κ1) is 3.29. The van der Waals surface area contributed by atoms with Crippen LogP contribution in [0.4, 0.5) is 0 Å². The van der Waals surface area contributed by atoms with Crippen LogP contribution in [0, 0.1) is 0 Å². The molecular weight excluding hydrogens is 90.1 g/mol. The van der Waals surface area contributed by atoms with Gasteiger partial charge in [-0.2, -0.15) is 5.10 Å². The quantitative estimate of drug-likeness (QED) is 0.457. The lowest BCUT2D eigenvalue weighted by molar-refractivity contribution is 0.286. The topological polar surface area (TPSA) is 27.6 Å². The molecule has 0 spiro atoms. The number of hydrogen-bond acceptors (Lipinski definition) is 3. The third-order valence-electron chi connectivity index (χ3n) is 1.06. The first-order valence-electron chi connectivity index (χ1n) is 2.70. The van der Waals surface area contributed by atoms with Gasteiger partial charge in [-0.15, -0.1) is 0 Å². The van der Waals surface area contributed by atoms with Crippen molar-refractivity contribution in [2.24, 2.45) is 5.10 Å². The van der Waals surface area contributed by atoms with Crippen LogP contribution in [0.1, 0.15) is 6.92 Å². The minimum Gasteiger partial charge on any atom is -0.354 e. The maximum Gasteiger partial charge on any atom is 0.163 e. The fourth-order valence-electron chi connectivity index (χ4n) is 0.401. The second-order valence-corrected chi connectivity index (χ2v) is 1.59. The van der Waals surface area contributed by atoms with Crippen LogP contribution in [-0.2, 0) is 0 Å². The van der Waals surface area contributed by atoms with Gasteiger partial charge in [0.15, 0.2) is 1.41 Å². The highest BCUT2D eigenvalue weighted by atomic mass is 15.5. The van der Waals surface area contributed by atoms with Gasteiger partial charge in [-0.25, -0.2) is 0 Å².